The van der Waals surface area contributed by atoms with E-state index in [1.807, 2.05) is 6.92 Å². The number of para-hydroxylation sites is 1. The molecule has 0 aliphatic rings. The Bertz CT molecular complexity index is 436. The molecule has 6 heteroatoms. The highest BCUT2D eigenvalue weighted by Crippen LogP contribution is 2.27. The van der Waals surface area contributed by atoms with Crippen molar-refractivity contribution >= 4 is 11.7 Å². The molecular weight excluding hydrogens is 274 g/mol. The minimum Gasteiger partial charge on any atom is -0.491 e. The number of hydrogen-bond donors (Lipinski definition) is 1. The van der Waals surface area contributed by atoms with Gasteiger partial charge in [-0.2, -0.15) is 0 Å². The van der Waals surface area contributed by atoms with Crippen LogP contribution in [0.2, 0.25) is 0 Å². The summed E-state index contributed by atoms with van der Waals surface area (Å²) in [6.07, 6.45) is 0.627. The van der Waals surface area contributed by atoms with E-state index in [2.05, 4.69) is 0 Å². The van der Waals surface area contributed by atoms with Crippen molar-refractivity contribution in [1.29, 1.82) is 0 Å². The van der Waals surface area contributed by atoms with Gasteiger partial charge in [0.15, 0.2) is 5.75 Å². The molecule has 0 aliphatic heterocycles. The van der Waals surface area contributed by atoms with E-state index in [4.69, 9.17) is 24.7 Å². The topological polar surface area (TPSA) is 80.0 Å². The molecule has 0 radical (unpaired) electrons. The van der Waals surface area contributed by atoms with Crippen molar-refractivity contribution in [1.82, 2.24) is 0 Å². The van der Waals surface area contributed by atoms with Crippen molar-refractivity contribution in [2.75, 3.05) is 45.9 Å². The van der Waals surface area contributed by atoms with Gasteiger partial charge in [0.05, 0.1) is 32.1 Å². The van der Waals surface area contributed by atoms with Crippen LogP contribution in [0.4, 0.5) is 5.69 Å². The Kier molecular flexibility index (Phi) is 8.23. The van der Waals surface area contributed by atoms with Gasteiger partial charge in [0.2, 0.25) is 0 Å². The van der Waals surface area contributed by atoms with Gasteiger partial charge in [-0.25, -0.2) is 4.79 Å². The Balaban J connectivity index is 2.40. The largest absolute Gasteiger partial charge is 0.491 e. The maximum Gasteiger partial charge on any atom is 0.342 e. The Morgan fingerprint density at radius 1 is 1.19 bits per heavy atom. The average Bonchev–Trinajstić information content (AvgIpc) is 2.48. The molecule has 118 valence electrons. The summed E-state index contributed by atoms with van der Waals surface area (Å²) in [6.45, 7) is 4.16. The second-order valence-electron chi connectivity index (χ2n) is 4.25. The molecule has 21 heavy (non-hydrogen) atoms. The van der Waals surface area contributed by atoms with Crippen LogP contribution >= 0.6 is 0 Å². The number of rotatable bonds is 10. The lowest BCUT2D eigenvalue weighted by atomic mass is 10.1. The minimum atomic E-state index is -0.442. The summed E-state index contributed by atoms with van der Waals surface area (Å²) in [5, 5.41) is 0. The van der Waals surface area contributed by atoms with Crippen LogP contribution in [0.15, 0.2) is 18.2 Å². The summed E-state index contributed by atoms with van der Waals surface area (Å²) in [5.74, 6) is -0.0658. The number of hydrogen-bond acceptors (Lipinski definition) is 6. The third-order valence-corrected chi connectivity index (χ3v) is 2.65. The van der Waals surface area contributed by atoms with Crippen LogP contribution < -0.4 is 10.5 Å². The van der Waals surface area contributed by atoms with Crippen LogP contribution in [-0.2, 0) is 14.2 Å². The molecule has 0 fully saturated rings. The third kappa shape index (κ3) is 6.01. The van der Waals surface area contributed by atoms with E-state index in [1.54, 1.807) is 25.3 Å². The fraction of sp³-hybridized carbons (Fsp3) is 0.533. The first-order valence-corrected chi connectivity index (χ1v) is 6.95. The van der Waals surface area contributed by atoms with Gasteiger partial charge < -0.3 is 24.7 Å². The van der Waals surface area contributed by atoms with Crippen LogP contribution in [0.5, 0.6) is 5.75 Å². The van der Waals surface area contributed by atoms with Crippen molar-refractivity contribution < 1.29 is 23.7 Å². The molecule has 0 spiro atoms. The zero-order chi connectivity index (χ0) is 15.5. The van der Waals surface area contributed by atoms with E-state index in [0.717, 1.165) is 0 Å². The first-order valence-electron chi connectivity index (χ1n) is 6.95. The second-order valence-corrected chi connectivity index (χ2v) is 4.25. The van der Waals surface area contributed by atoms with E-state index in [0.29, 0.717) is 49.8 Å². The molecule has 1 aromatic carbocycles. The maximum atomic E-state index is 12.0. The molecule has 0 heterocycles. The molecule has 0 saturated heterocycles. The maximum absolute atomic E-state index is 12.0. The number of ether oxygens (including phenoxy) is 4. The number of nitrogen functional groups attached to an aromatic ring is 1. The molecule has 2 N–H and O–H groups in total. The van der Waals surface area contributed by atoms with Gasteiger partial charge in [0, 0.05) is 20.1 Å². The number of anilines is 1. The van der Waals surface area contributed by atoms with Crippen LogP contribution in [0.25, 0.3) is 0 Å². The van der Waals surface area contributed by atoms with Crippen LogP contribution in [-0.4, -0.2) is 46.1 Å². The highest BCUT2D eigenvalue weighted by molar-refractivity contribution is 5.94. The highest BCUT2D eigenvalue weighted by atomic mass is 16.5. The molecule has 1 rings (SSSR count). The van der Waals surface area contributed by atoms with Gasteiger partial charge in [-0.15, -0.1) is 0 Å². The predicted octanol–water partition coefficient (Wildman–Crippen LogP) is 1.88. The molecule has 1 aromatic rings. The Morgan fingerprint density at radius 3 is 2.71 bits per heavy atom. The number of carbonyl (C=O) groups is 1. The number of esters is 1. The molecule has 0 amide bonds. The quantitative estimate of drug-likeness (QED) is 0.403. The summed E-state index contributed by atoms with van der Waals surface area (Å²) in [7, 11) is 1.62. The highest BCUT2D eigenvalue weighted by Gasteiger charge is 2.16. The van der Waals surface area contributed by atoms with Gasteiger partial charge in [-0.05, 0) is 19.1 Å². The van der Waals surface area contributed by atoms with Gasteiger partial charge >= 0.3 is 5.97 Å². The summed E-state index contributed by atoms with van der Waals surface area (Å²) < 4.78 is 20.7. The lowest BCUT2D eigenvalue weighted by Crippen LogP contribution is -2.12. The monoisotopic (exact) mass is 297 g/mol. The van der Waals surface area contributed by atoms with Crippen LogP contribution in [0.3, 0.4) is 0 Å². The number of nitrogens with two attached hydrogens (primary N) is 1. The summed E-state index contributed by atoms with van der Waals surface area (Å²) in [5.41, 5.74) is 6.57. The minimum absolute atomic E-state index is 0.284. The molecule has 0 atom stereocenters. The molecule has 0 unspecified atom stereocenters. The van der Waals surface area contributed by atoms with Crippen molar-refractivity contribution in [2.45, 2.75) is 13.3 Å². The normalized spacial score (nSPS) is 10.4. The molecule has 0 aliphatic carbocycles. The molecule has 0 saturated carbocycles. The third-order valence-electron chi connectivity index (χ3n) is 2.65. The Morgan fingerprint density at radius 2 is 2.00 bits per heavy atom. The van der Waals surface area contributed by atoms with Crippen molar-refractivity contribution in [3.63, 3.8) is 0 Å². The smallest absolute Gasteiger partial charge is 0.342 e. The molecule has 0 aromatic heterocycles. The first kappa shape index (κ1) is 17.3. The van der Waals surface area contributed by atoms with Crippen LogP contribution in [0, 0.1) is 0 Å². The SMILES string of the molecule is CCOc1c(N)cccc1C(=O)OCCCOCCOC. The van der Waals surface area contributed by atoms with Gasteiger partial charge in [0.1, 0.15) is 5.56 Å². The van der Waals surface area contributed by atoms with Crippen molar-refractivity contribution in [3.05, 3.63) is 23.8 Å². The zero-order valence-electron chi connectivity index (χ0n) is 12.6. The van der Waals surface area contributed by atoms with Crippen molar-refractivity contribution in [2.24, 2.45) is 0 Å². The lowest BCUT2D eigenvalue weighted by molar-refractivity contribution is 0.0382. The average molecular weight is 297 g/mol. The summed E-state index contributed by atoms with van der Waals surface area (Å²) >= 11 is 0. The molecule has 6 nitrogen and oxygen atoms in total. The zero-order valence-corrected chi connectivity index (χ0v) is 12.6. The number of methoxy groups -OCH3 is 1. The Labute approximate surface area is 125 Å². The first-order chi connectivity index (χ1) is 10.2. The van der Waals surface area contributed by atoms with E-state index < -0.39 is 5.97 Å². The van der Waals surface area contributed by atoms with Gasteiger partial charge in [0.25, 0.3) is 0 Å². The van der Waals surface area contributed by atoms with E-state index >= 15 is 0 Å². The number of benzene rings is 1. The number of carbonyl (C=O) groups excluding carboxylic acids is 1. The fourth-order valence-electron chi connectivity index (χ4n) is 1.67. The van der Waals surface area contributed by atoms with E-state index in [1.165, 1.54) is 0 Å². The lowest BCUT2D eigenvalue weighted by Gasteiger charge is -2.12. The second kappa shape index (κ2) is 10.0. The summed E-state index contributed by atoms with van der Waals surface area (Å²) in [6, 6.07) is 5.02. The van der Waals surface area contributed by atoms with E-state index in [-0.39, 0.29) is 6.61 Å². The fourth-order valence-corrected chi connectivity index (χ4v) is 1.67. The van der Waals surface area contributed by atoms with Crippen molar-refractivity contribution in [3.8, 4) is 5.75 Å². The Hall–Kier alpha value is -1.79. The van der Waals surface area contributed by atoms with Crippen LogP contribution in [0.1, 0.15) is 23.7 Å². The predicted molar refractivity (Wildman–Crippen MR) is 79.6 cm³/mol. The van der Waals surface area contributed by atoms with Gasteiger partial charge in [-0.1, -0.05) is 6.07 Å². The molecule has 0 bridgehead atoms. The molecular formula is C15H23NO5. The van der Waals surface area contributed by atoms with Gasteiger partial charge in [-0.3, -0.25) is 0 Å². The standard InChI is InChI=1S/C15H23NO5/c1-3-20-14-12(6-4-7-13(14)16)15(17)21-9-5-8-19-11-10-18-2/h4,6-7H,3,5,8-11,16H2,1-2H3. The van der Waals surface area contributed by atoms with E-state index in [9.17, 15) is 4.79 Å². The summed E-state index contributed by atoms with van der Waals surface area (Å²) in [4.78, 5) is 12.0.